The first kappa shape index (κ1) is 22.8. The summed E-state index contributed by atoms with van der Waals surface area (Å²) in [6.45, 7) is 2.53. The molecule has 0 saturated carbocycles. The number of amides is 1. The molecule has 162 valence electrons. The lowest BCUT2D eigenvalue weighted by molar-refractivity contribution is 0.0785. The first-order valence-corrected chi connectivity index (χ1v) is 12.3. The first-order chi connectivity index (χ1) is 14.2. The molecule has 1 amide bonds. The second-order valence-electron chi connectivity index (χ2n) is 7.77. The summed E-state index contributed by atoms with van der Waals surface area (Å²) in [6.07, 6.45) is 3.63. The van der Waals surface area contributed by atoms with Crippen molar-refractivity contribution < 1.29 is 13.2 Å². The monoisotopic (exact) mass is 493 g/mol. The van der Waals surface area contributed by atoms with Gasteiger partial charge in [0.1, 0.15) is 0 Å². The summed E-state index contributed by atoms with van der Waals surface area (Å²) in [4.78, 5) is 17.2. The SMILES string of the molecule is CN(Cc1ccccc1N1CCCCC1)C(=O)c1ccc(Br)c(S(=O)(=O)N(C)C)c1. The molecule has 0 bridgehead atoms. The third-order valence-electron chi connectivity index (χ3n) is 5.38. The van der Waals surface area contributed by atoms with Crippen molar-refractivity contribution in [3.05, 3.63) is 58.1 Å². The van der Waals surface area contributed by atoms with E-state index in [1.54, 1.807) is 24.1 Å². The second-order valence-corrected chi connectivity index (χ2v) is 10.7. The number of hydrogen-bond acceptors (Lipinski definition) is 4. The molecule has 0 atom stereocenters. The Labute approximate surface area is 187 Å². The summed E-state index contributed by atoms with van der Waals surface area (Å²) in [5.74, 6) is -0.217. The van der Waals surface area contributed by atoms with Gasteiger partial charge in [0.25, 0.3) is 5.91 Å². The molecule has 1 fully saturated rings. The van der Waals surface area contributed by atoms with Gasteiger partial charge in [0.05, 0.1) is 4.90 Å². The van der Waals surface area contributed by atoms with Crippen LogP contribution in [0.2, 0.25) is 0 Å². The maximum absolute atomic E-state index is 13.1. The maximum Gasteiger partial charge on any atom is 0.253 e. The molecule has 1 saturated heterocycles. The zero-order valence-corrected chi connectivity index (χ0v) is 20.0. The van der Waals surface area contributed by atoms with Gasteiger partial charge in [-0.25, -0.2) is 12.7 Å². The van der Waals surface area contributed by atoms with E-state index >= 15 is 0 Å². The fourth-order valence-electron chi connectivity index (χ4n) is 3.67. The zero-order chi connectivity index (χ0) is 21.9. The minimum atomic E-state index is -3.66. The molecular formula is C22H28BrN3O3S. The summed E-state index contributed by atoms with van der Waals surface area (Å²) >= 11 is 3.29. The van der Waals surface area contributed by atoms with Gasteiger partial charge >= 0.3 is 0 Å². The number of para-hydroxylation sites is 1. The molecule has 0 unspecified atom stereocenters. The molecule has 30 heavy (non-hydrogen) atoms. The van der Waals surface area contributed by atoms with Crippen LogP contribution in [-0.4, -0.2) is 57.8 Å². The van der Waals surface area contributed by atoms with Gasteiger partial charge in [0.15, 0.2) is 0 Å². The van der Waals surface area contributed by atoms with E-state index in [1.807, 2.05) is 12.1 Å². The van der Waals surface area contributed by atoms with Crippen LogP contribution in [0.3, 0.4) is 0 Å². The topological polar surface area (TPSA) is 60.9 Å². The molecule has 0 spiro atoms. The van der Waals surface area contributed by atoms with E-state index in [4.69, 9.17) is 0 Å². The standard InChI is InChI=1S/C22H28BrN3O3S/c1-24(2)30(28,29)21-15-17(11-12-19(21)23)22(27)25(3)16-18-9-5-6-10-20(18)26-13-7-4-8-14-26/h5-6,9-12,15H,4,7-8,13-14,16H2,1-3H3. The van der Waals surface area contributed by atoms with E-state index < -0.39 is 10.0 Å². The quantitative estimate of drug-likeness (QED) is 0.610. The van der Waals surface area contributed by atoms with Gasteiger partial charge in [-0.2, -0.15) is 0 Å². The number of rotatable bonds is 6. The Kier molecular flexibility index (Phi) is 7.21. The molecule has 0 radical (unpaired) electrons. The van der Waals surface area contributed by atoms with E-state index in [-0.39, 0.29) is 10.8 Å². The third kappa shape index (κ3) is 4.87. The third-order valence-corrected chi connectivity index (χ3v) is 8.19. The minimum Gasteiger partial charge on any atom is -0.371 e. The van der Waals surface area contributed by atoms with Crippen molar-refractivity contribution in [3.63, 3.8) is 0 Å². The van der Waals surface area contributed by atoms with Crippen LogP contribution in [0.15, 0.2) is 51.8 Å². The summed E-state index contributed by atoms with van der Waals surface area (Å²) < 4.78 is 26.7. The van der Waals surface area contributed by atoms with E-state index in [2.05, 4.69) is 33.0 Å². The molecule has 0 aromatic heterocycles. The van der Waals surface area contributed by atoms with Gasteiger partial charge in [0, 0.05) is 56.5 Å². The zero-order valence-electron chi connectivity index (χ0n) is 17.6. The Balaban J connectivity index is 1.84. The smallest absolute Gasteiger partial charge is 0.253 e. The molecule has 3 rings (SSSR count). The van der Waals surface area contributed by atoms with Crippen LogP contribution in [0, 0.1) is 0 Å². The van der Waals surface area contributed by atoms with Crippen molar-refractivity contribution in [2.75, 3.05) is 39.1 Å². The lowest BCUT2D eigenvalue weighted by Gasteiger charge is -2.31. The van der Waals surface area contributed by atoms with Crippen LogP contribution in [0.1, 0.15) is 35.2 Å². The Hall–Kier alpha value is -1.90. The lowest BCUT2D eigenvalue weighted by atomic mass is 10.1. The number of sulfonamides is 1. The Morgan fingerprint density at radius 1 is 1.03 bits per heavy atom. The van der Waals surface area contributed by atoms with E-state index in [9.17, 15) is 13.2 Å². The van der Waals surface area contributed by atoms with Gasteiger partial charge in [-0.05, 0) is 65.0 Å². The van der Waals surface area contributed by atoms with Gasteiger partial charge in [0.2, 0.25) is 10.0 Å². The van der Waals surface area contributed by atoms with Gasteiger partial charge in [-0.3, -0.25) is 4.79 Å². The normalized spacial score (nSPS) is 14.8. The summed E-state index contributed by atoms with van der Waals surface area (Å²) in [7, 11) is 1.03. The van der Waals surface area contributed by atoms with Gasteiger partial charge < -0.3 is 9.80 Å². The number of carbonyl (C=O) groups is 1. The summed E-state index contributed by atoms with van der Waals surface area (Å²) in [5, 5.41) is 0. The molecule has 1 aliphatic rings. The van der Waals surface area contributed by atoms with Crippen LogP contribution in [0.4, 0.5) is 5.69 Å². The van der Waals surface area contributed by atoms with Crippen molar-refractivity contribution in [2.45, 2.75) is 30.7 Å². The molecule has 0 aliphatic carbocycles. The Morgan fingerprint density at radius 3 is 2.37 bits per heavy atom. The maximum atomic E-state index is 13.1. The van der Waals surface area contributed by atoms with Crippen LogP contribution >= 0.6 is 15.9 Å². The summed E-state index contributed by atoms with van der Waals surface area (Å²) in [5.41, 5.74) is 2.61. The van der Waals surface area contributed by atoms with Gasteiger partial charge in [-0.1, -0.05) is 18.2 Å². The average Bonchev–Trinajstić information content (AvgIpc) is 2.74. The fourth-order valence-corrected chi connectivity index (χ4v) is 5.51. The molecule has 1 aliphatic heterocycles. The van der Waals surface area contributed by atoms with Crippen molar-refractivity contribution in [1.29, 1.82) is 0 Å². The van der Waals surface area contributed by atoms with Crippen LogP contribution < -0.4 is 4.90 Å². The van der Waals surface area contributed by atoms with Crippen molar-refractivity contribution in [1.82, 2.24) is 9.21 Å². The molecule has 0 N–H and O–H groups in total. The Bertz CT molecular complexity index is 1020. The molecular weight excluding hydrogens is 466 g/mol. The predicted molar refractivity (Wildman–Crippen MR) is 123 cm³/mol. The summed E-state index contributed by atoms with van der Waals surface area (Å²) in [6, 6.07) is 12.9. The first-order valence-electron chi connectivity index (χ1n) is 10.0. The van der Waals surface area contributed by atoms with Crippen LogP contribution in [-0.2, 0) is 16.6 Å². The lowest BCUT2D eigenvalue weighted by Crippen LogP contribution is -2.32. The predicted octanol–water partition coefficient (Wildman–Crippen LogP) is 3.96. The second kappa shape index (κ2) is 9.49. The van der Waals surface area contributed by atoms with Crippen LogP contribution in [0.5, 0.6) is 0 Å². The number of halogens is 1. The van der Waals surface area contributed by atoms with Crippen molar-refractivity contribution >= 4 is 37.5 Å². The largest absolute Gasteiger partial charge is 0.371 e. The van der Waals surface area contributed by atoms with E-state index in [0.29, 0.717) is 16.6 Å². The Morgan fingerprint density at radius 2 is 1.70 bits per heavy atom. The molecule has 2 aromatic rings. The van der Waals surface area contributed by atoms with Gasteiger partial charge in [-0.15, -0.1) is 0 Å². The highest BCUT2D eigenvalue weighted by Gasteiger charge is 2.24. The number of anilines is 1. The minimum absolute atomic E-state index is 0.0838. The number of benzene rings is 2. The van der Waals surface area contributed by atoms with E-state index in [1.165, 1.54) is 45.1 Å². The van der Waals surface area contributed by atoms with Crippen LogP contribution in [0.25, 0.3) is 0 Å². The van der Waals surface area contributed by atoms with E-state index in [0.717, 1.165) is 23.0 Å². The highest BCUT2D eigenvalue weighted by molar-refractivity contribution is 9.10. The number of nitrogens with zero attached hydrogens (tertiary/aromatic N) is 3. The van der Waals surface area contributed by atoms with Crippen molar-refractivity contribution in [3.8, 4) is 0 Å². The highest BCUT2D eigenvalue weighted by atomic mass is 79.9. The van der Waals surface area contributed by atoms with Crippen molar-refractivity contribution in [2.24, 2.45) is 0 Å². The number of carbonyl (C=O) groups excluding carboxylic acids is 1. The highest BCUT2D eigenvalue weighted by Crippen LogP contribution is 2.28. The molecule has 8 heteroatoms. The number of hydrogen-bond donors (Lipinski definition) is 0. The fraction of sp³-hybridized carbons (Fsp3) is 0.409. The molecule has 1 heterocycles. The molecule has 6 nitrogen and oxygen atoms in total. The number of piperidine rings is 1. The average molecular weight is 494 g/mol. The molecule has 2 aromatic carbocycles.